The van der Waals surface area contributed by atoms with E-state index in [9.17, 15) is 14.4 Å². The predicted molar refractivity (Wildman–Crippen MR) is 124 cm³/mol. The fraction of sp³-hybridized carbons (Fsp3) is 0.269. The zero-order valence-electron chi connectivity index (χ0n) is 18.5. The highest BCUT2D eigenvalue weighted by molar-refractivity contribution is 5.97. The van der Waals surface area contributed by atoms with E-state index in [4.69, 9.17) is 5.11 Å². The summed E-state index contributed by atoms with van der Waals surface area (Å²) in [5.74, 6) is -0.520. The van der Waals surface area contributed by atoms with Crippen LogP contribution >= 0.6 is 0 Å². The minimum atomic E-state index is -0.332. The molecule has 1 amide bonds. The Morgan fingerprint density at radius 1 is 1.00 bits per heavy atom. The van der Waals surface area contributed by atoms with Gasteiger partial charge in [0.05, 0.1) is 6.61 Å². The van der Waals surface area contributed by atoms with E-state index in [0.29, 0.717) is 11.1 Å². The fourth-order valence-corrected chi connectivity index (χ4v) is 3.67. The molecule has 6 nitrogen and oxygen atoms in total. The van der Waals surface area contributed by atoms with E-state index in [2.05, 4.69) is 5.32 Å². The molecule has 0 fully saturated rings. The number of hydrogen-bond donors (Lipinski definition) is 2. The molecular weight excluding hydrogens is 404 g/mol. The van der Waals surface area contributed by atoms with Crippen molar-refractivity contribution in [3.05, 3.63) is 105 Å². The maximum absolute atomic E-state index is 13.1. The number of carbonyl (C=O) groups is 2. The van der Waals surface area contributed by atoms with Gasteiger partial charge in [0.2, 0.25) is 5.56 Å². The van der Waals surface area contributed by atoms with Gasteiger partial charge in [-0.05, 0) is 48.7 Å². The van der Waals surface area contributed by atoms with Gasteiger partial charge in [-0.15, -0.1) is 0 Å². The second-order valence-electron chi connectivity index (χ2n) is 8.08. The van der Waals surface area contributed by atoms with Gasteiger partial charge in [0.1, 0.15) is 0 Å². The summed E-state index contributed by atoms with van der Waals surface area (Å²) in [4.78, 5) is 37.1. The van der Waals surface area contributed by atoms with Crippen LogP contribution in [0.3, 0.4) is 0 Å². The molecule has 0 spiro atoms. The van der Waals surface area contributed by atoms with Crippen LogP contribution in [0.25, 0.3) is 0 Å². The number of hydrogen-bond acceptors (Lipinski definition) is 4. The van der Waals surface area contributed by atoms with Crippen molar-refractivity contribution in [3.8, 4) is 0 Å². The molecule has 2 atom stereocenters. The number of aromatic nitrogens is 1. The molecule has 0 bridgehead atoms. The van der Waals surface area contributed by atoms with Crippen molar-refractivity contribution in [1.29, 1.82) is 0 Å². The summed E-state index contributed by atoms with van der Waals surface area (Å²) in [7, 11) is 1.62. The third kappa shape index (κ3) is 5.39. The van der Waals surface area contributed by atoms with Crippen LogP contribution in [-0.4, -0.2) is 34.0 Å². The number of pyridine rings is 1. The summed E-state index contributed by atoms with van der Waals surface area (Å²) in [6.45, 7) is 3.61. The Kier molecular flexibility index (Phi) is 7.38. The van der Waals surface area contributed by atoms with Crippen LogP contribution in [0.15, 0.2) is 71.7 Å². The number of aliphatic hydroxyl groups is 1. The lowest BCUT2D eigenvalue weighted by Crippen LogP contribution is -2.34. The third-order valence-corrected chi connectivity index (χ3v) is 5.59. The molecule has 1 unspecified atom stereocenters. The number of ketones is 1. The first kappa shape index (κ1) is 23.2. The van der Waals surface area contributed by atoms with Crippen LogP contribution in [0, 0.1) is 6.92 Å². The van der Waals surface area contributed by atoms with Crippen LogP contribution in [0.5, 0.6) is 0 Å². The quantitative estimate of drug-likeness (QED) is 0.535. The minimum Gasteiger partial charge on any atom is -0.394 e. The summed E-state index contributed by atoms with van der Waals surface area (Å²) in [6.07, 6.45) is 1.80. The number of Topliss-reactive ketones (excluding diaryl/α,β-unsaturated/α-hetero) is 1. The molecule has 32 heavy (non-hydrogen) atoms. The highest BCUT2D eigenvalue weighted by Crippen LogP contribution is 2.31. The predicted octanol–water partition coefficient (Wildman–Crippen LogP) is 3.21. The number of nitrogens with zero attached hydrogens (tertiary/aromatic N) is 1. The van der Waals surface area contributed by atoms with Gasteiger partial charge < -0.3 is 15.0 Å². The van der Waals surface area contributed by atoms with Gasteiger partial charge in [0.25, 0.3) is 5.91 Å². The van der Waals surface area contributed by atoms with Crippen LogP contribution in [0.1, 0.15) is 56.7 Å². The second-order valence-corrected chi connectivity index (χ2v) is 8.08. The third-order valence-electron chi connectivity index (χ3n) is 5.59. The topological polar surface area (TPSA) is 88.4 Å². The summed E-state index contributed by atoms with van der Waals surface area (Å²) < 4.78 is 1.40. The molecule has 0 aliphatic rings. The Labute approximate surface area is 187 Å². The van der Waals surface area contributed by atoms with Crippen molar-refractivity contribution in [2.75, 3.05) is 6.61 Å². The zero-order valence-corrected chi connectivity index (χ0v) is 18.5. The molecule has 2 aromatic carbocycles. The minimum absolute atomic E-state index is 0.0626. The van der Waals surface area contributed by atoms with Gasteiger partial charge in [0, 0.05) is 48.8 Å². The lowest BCUT2D eigenvalue weighted by molar-refractivity contribution is 0.0921. The molecular formula is C26H28N2O4. The molecule has 1 heterocycles. The lowest BCUT2D eigenvalue weighted by atomic mass is 9.83. The van der Waals surface area contributed by atoms with E-state index in [-0.39, 0.29) is 42.2 Å². The number of rotatable bonds is 8. The second kappa shape index (κ2) is 10.2. The Hall–Kier alpha value is -3.51. The van der Waals surface area contributed by atoms with Gasteiger partial charge >= 0.3 is 0 Å². The van der Waals surface area contributed by atoms with Crippen LogP contribution in [0.2, 0.25) is 0 Å². The smallest absolute Gasteiger partial charge is 0.251 e. The van der Waals surface area contributed by atoms with Crippen molar-refractivity contribution < 1.29 is 14.7 Å². The maximum Gasteiger partial charge on any atom is 0.251 e. The van der Waals surface area contributed by atoms with E-state index in [1.807, 2.05) is 43.3 Å². The van der Waals surface area contributed by atoms with Crippen molar-refractivity contribution >= 4 is 11.7 Å². The van der Waals surface area contributed by atoms with Gasteiger partial charge in [-0.1, -0.05) is 36.4 Å². The van der Waals surface area contributed by atoms with Gasteiger partial charge in [-0.3, -0.25) is 14.4 Å². The van der Waals surface area contributed by atoms with Crippen molar-refractivity contribution in [1.82, 2.24) is 9.88 Å². The molecule has 0 saturated heterocycles. The average molecular weight is 433 g/mol. The first-order valence-electron chi connectivity index (χ1n) is 10.6. The number of benzene rings is 2. The molecule has 3 aromatic rings. The summed E-state index contributed by atoms with van der Waals surface area (Å²) in [6, 6.07) is 17.8. The lowest BCUT2D eigenvalue weighted by Gasteiger charge is -2.20. The van der Waals surface area contributed by atoms with E-state index in [1.165, 1.54) is 10.6 Å². The van der Waals surface area contributed by atoms with E-state index in [1.54, 1.807) is 38.4 Å². The zero-order chi connectivity index (χ0) is 23.3. The standard InChI is InChI=1S/C26H28N2O4/c1-17-6-4-5-7-22(17)23(14-24(30)21-12-13-25(31)28(3)15-21)19-8-10-20(11-9-19)26(32)27-18(2)16-29/h4-13,15,18,23,29H,14,16H2,1-3H3,(H,27,32)/t18-,23?/m0/s1. The van der Waals surface area contributed by atoms with E-state index < -0.39 is 0 Å². The monoisotopic (exact) mass is 432 g/mol. The molecule has 166 valence electrons. The van der Waals surface area contributed by atoms with Gasteiger partial charge in [-0.2, -0.15) is 0 Å². The highest BCUT2D eigenvalue weighted by atomic mass is 16.3. The van der Waals surface area contributed by atoms with Crippen LogP contribution in [0.4, 0.5) is 0 Å². The molecule has 3 rings (SSSR count). The summed E-state index contributed by atoms with van der Waals surface area (Å²) in [5, 5.41) is 11.9. The molecule has 1 aromatic heterocycles. The summed E-state index contributed by atoms with van der Waals surface area (Å²) in [5.41, 5.74) is 3.84. The molecule has 6 heteroatoms. The largest absolute Gasteiger partial charge is 0.394 e. The number of amides is 1. The molecule has 2 N–H and O–H groups in total. The van der Waals surface area contributed by atoms with Crippen molar-refractivity contribution in [2.45, 2.75) is 32.2 Å². The normalized spacial score (nSPS) is 12.8. The molecule has 0 aliphatic carbocycles. The van der Waals surface area contributed by atoms with Crippen molar-refractivity contribution in [3.63, 3.8) is 0 Å². The number of aliphatic hydroxyl groups excluding tert-OH is 1. The SMILES string of the molecule is Cc1ccccc1C(CC(=O)c1ccc(=O)n(C)c1)c1ccc(C(=O)N[C@@H](C)CO)cc1. The number of aryl methyl sites for hydroxylation is 2. The Bertz CT molecular complexity index is 1160. The van der Waals surface area contributed by atoms with E-state index >= 15 is 0 Å². The summed E-state index contributed by atoms with van der Waals surface area (Å²) >= 11 is 0. The van der Waals surface area contributed by atoms with Crippen LogP contribution in [-0.2, 0) is 7.05 Å². The molecule has 0 saturated carbocycles. The van der Waals surface area contributed by atoms with Crippen molar-refractivity contribution in [2.24, 2.45) is 7.05 Å². The Balaban J connectivity index is 1.92. The highest BCUT2D eigenvalue weighted by Gasteiger charge is 2.21. The Morgan fingerprint density at radius 2 is 1.66 bits per heavy atom. The molecule has 0 radical (unpaired) electrons. The fourth-order valence-electron chi connectivity index (χ4n) is 3.67. The Morgan fingerprint density at radius 3 is 2.28 bits per heavy atom. The maximum atomic E-state index is 13.1. The first-order chi connectivity index (χ1) is 15.3. The molecule has 0 aliphatic heterocycles. The number of carbonyl (C=O) groups excluding carboxylic acids is 2. The number of nitrogens with one attached hydrogen (secondary N) is 1. The first-order valence-corrected chi connectivity index (χ1v) is 10.6. The average Bonchev–Trinajstić information content (AvgIpc) is 2.79. The van der Waals surface area contributed by atoms with Gasteiger partial charge in [-0.25, -0.2) is 0 Å². The van der Waals surface area contributed by atoms with E-state index in [0.717, 1.165) is 16.7 Å². The van der Waals surface area contributed by atoms with Gasteiger partial charge in [0.15, 0.2) is 5.78 Å². The van der Waals surface area contributed by atoms with Crippen LogP contribution < -0.4 is 10.9 Å².